The summed E-state index contributed by atoms with van der Waals surface area (Å²) in [5.41, 5.74) is 1.33. The Morgan fingerprint density at radius 1 is 1.58 bits per heavy atom. The van der Waals surface area contributed by atoms with Crippen molar-refractivity contribution >= 4 is 17.4 Å². The van der Waals surface area contributed by atoms with Crippen LogP contribution in [-0.4, -0.2) is 23.9 Å². The largest absolute Gasteiger partial charge is 0.354 e. The molecule has 0 aliphatic carbocycles. The van der Waals surface area contributed by atoms with Gasteiger partial charge in [-0.2, -0.15) is 5.26 Å². The van der Waals surface area contributed by atoms with Crippen molar-refractivity contribution in [1.82, 2.24) is 10.3 Å². The molecule has 1 aliphatic rings. The normalized spacial score (nSPS) is 23.1. The van der Waals surface area contributed by atoms with Gasteiger partial charge in [-0.1, -0.05) is 18.5 Å². The molecular formula is C14H18ClN3O. The molecule has 1 aliphatic heterocycles. The monoisotopic (exact) mass is 279 g/mol. The number of aryl methyl sites for hydroxylation is 1. The lowest BCUT2D eigenvalue weighted by atomic mass is 9.83. The maximum atomic E-state index is 12.3. The van der Waals surface area contributed by atoms with Gasteiger partial charge in [-0.05, 0) is 38.3 Å². The Bertz CT molecular complexity index is 530. The average molecular weight is 280 g/mol. The van der Waals surface area contributed by atoms with Crippen molar-refractivity contribution in [3.8, 4) is 6.07 Å². The highest BCUT2D eigenvalue weighted by atomic mass is 35.5. The van der Waals surface area contributed by atoms with E-state index in [0.717, 1.165) is 19.5 Å². The van der Waals surface area contributed by atoms with E-state index in [-0.39, 0.29) is 11.3 Å². The third-order valence-electron chi connectivity index (χ3n) is 3.91. The van der Waals surface area contributed by atoms with Crippen LogP contribution in [0.3, 0.4) is 0 Å². The summed E-state index contributed by atoms with van der Waals surface area (Å²) in [6.07, 6.45) is 1.48. The fraction of sp³-hybridized carbons (Fsp3) is 0.571. The fourth-order valence-corrected chi connectivity index (χ4v) is 2.81. The smallest absolute Gasteiger partial charge is 0.180 e. The number of rotatable bonds is 3. The van der Waals surface area contributed by atoms with E-state index < -0.39 is 0 Å². The van der Waals surface area contributed by atoms with Gasteiger partial charge in [0, 0.05) is 12.1 Å². The molecule has 0 aromatic carbocycles. The highest BCUT2D eigenvalue weighted by Crippen LogP contribution is 2.28. The second-order valence-corrected chi connectivity index (χ2v) is 5.66. The topological polar surface area (TPSA) is 68.7 Å². The predicted octanol–water partition coefficient (Wildman–Crippen LogP) is 2.67. The number of H-pyrrole nitrogens is 1. The average Bonchev–Trinajstić information content (AvgIpc) is 2.68. The number of halogens is 1. The molecule has 0 radical (unpaired) electrons. The summed E-state index contributed by atoms with van der Waals surface area (Å²) in [4.78, 5) is 15.3. The van der Waals surface area contributed by atoms with Crippen LogP contribution in [0.15, 0.2) is 0 Å². The minimum absolute atomic E-state index is 0.00898. The standard InChI is InChI=1S/C14H18ClN3O/c1-8-7-17-4-3-10(8)5-12(19)14-11(6-16)13(15)9(2)18-14/h8,10,17-18H,3-5,7H2,1-2H3/t8-,10-/m0/s1. The molecule has 2 rings (SSSR count). The number of carbonyl (C=O) groups is 1. The minimum atomic E-state index is -0.00898. The van der Waals surface area contributed by atoms with Gasteiger partial charge in [0.15, 0.2) is 5.78 Å². The lowest BCUT2D eigenvalue weighted by molar-refractivity contribution is 0.0928. The number of ketones is 1. The Morgan fingerprint density at radius 3 is 2.95 bits per heavy atom. The molecule has 1 aromatic rings. The van der Waals surface area contributed by atoms with E-state index in [1.165, 1.54) is 0 Å². The number of hydrogen-bond acceptors (Lipinski definition) is 3. The van der Waals surface area contributed by atoms with E-state index in [9.17, 15) is 4.79 Å². The molecular weight excluding hydrogens is 262 g/mol. The summed E-state index contributed by atoms with van der Waals surface area (Å²) in [7, 11) is 0. The second kappa shape index (κ2) is 5.77. The second-order valence-electron chi connectivity index (χ2n) is 5.28. The maximum Gasteiger partial charge on any atom is 0.180 e. The quantitative estimate of drug-likeness (QED) is 0.836. The predicted molar refractivity (Wildman–Crippen MR) is 74.3 cm³/mol. The molecule has 19 heavy (non-hydrogen) atoms. The summed E-state index contributed by atoms with van der Waals surface area (Å²) in [6, 6.07) is 2.02. The Balaban J connectivity index is 2.16. The van der Waals surface area contributed by atoms with E-state index in [4.69, 9.17) is 16.9 Å². The number of aromatic nitrogens is 1. The first-order chi connectivity index (χ1) is 9.04. The third kappa shape index (κ3) is 2.83. The van der Waals surface area contributed by atoms with Crippen molar-refractivity contribution < 1.29 is 4.79 Å². The van der Waals surface area contributed by atoms with Gasteiger partial charge < -0.3 is 10.3 Å². The number of aromatic amines is 1. The van der Waals surface area contributed by atoms with E-state index in [0.29, 0.717) is 34.7 Å². The maximum absolute atomic E-state index is 12.3. The van der Waals surface area contributed by atoms with Crippen LogP contribution < -0.4 is 5.32 Å². The first-order valence-electron chi connectivity index (χ1n) is 6.56. The van der Waals surface area contributed by atoms with E-state index in [1.807, 2.05) is 6.07 Å². The molecule has 0 amide bonds. The molecule has 0 spiro atoms. The minimum Gasteiger partial charge on any atom is -0.354 e. The Labute approximate surface area is 118 Å². The van der Waals surface area contributed by atoms with Crippen molar-refractivity contribution in [2.45, 2.75) is 26.7 Å². The van der Waals surface area contributed by atoms with Crippen molar-refractivity contribution in [3.63, 3.8) is 0 Å². The molecule has 0 saturated carbocycles. The van der Waals surface area contributed by atoms with Gasteiger partial charge >= 0.3 is 0 Å². The lowest BCUT2D eigenvalue weighted by Crippen LogP contribution is -2.36. The van der Waals surface area contributed by atoms with Gasteiger partial charge in [0.2, 0.25) is 0 Å². The first-order valence-corrected chi connectivity index (χ1v) is 6.94. The number of carbonyl (C=O) groups excluding carboxylic acids is 1. The molecule has 102 valence electrons. The summed E-state index contributed by atoms with van der Waals surface area (Å²) >= 11 is 6.01. The van der Waals surface area contributed by atoms with E-state index in [2.05, 4.69) is 17.2 Å². The van der Waals surface area contributed by atoms with Crippen LogP contribution in [0.2, 0.25) is 5.02 Å². The molecule has 4 nitrogen and oxygen atoms in total. The zero-order valence-corrected chi connectivity index (χ0v) is 12.0. The van der Waals surface area contributed by atoms with Crippen molar-refractivity contribution in [1.29, 1.82) is 5.26 Å². The zero-order chi connectivity index (χ0) is 14.0. The SMILES string of the molecule is Cc1[nH]c(C(=O)C[C@@H]2CCNC[C@@H]2C)c(C#N)c1Cl. The number of nitrogens with one attached hydrogen (secondary N) is 2. The number of nitrogens with zero attached hydrogens (tertiary/aromatic N) is 1. The van der Waals surface area contributed by atoms with Crippen LogP contribution in [0.25, 0.3) is 0 Å². The van der Waals surface area contributed by atoms with Gasteiger partial charge in [0.1, 0.15) is 11.8 Å². The molecule has 0 unspecified atom stereocenters. The summed E-state index contributed by atoms with van der Waals surface area (Å²) < 4.78 is 0. The zero-order valence-electron chi connectivity index (χ0n) is 11.2. The first kappa shape index (κ1) is 14.1. The lowest BCUT2D eigenvalue weighted by Gasteiger charge is -2.28. The van der Waals surface area contributed by atoms with E-state index >= 15 is 0 Å². The Morgan fingerprint density at radius 2 is 2.32 bits per heavy atom. The molecule has 1 saturated heterocycles. The van der Waals surface area contributed by atoms with Crippen LogP contribution in [0.4, 0.5) is 0 Å². The number of nitriles is 1. The van der Waals surface area contributed by atoms with Gasteiger partial charge in [0.25, 0.3) is 0 Å². The number of piperidine rings is 1. The van der Waals surface area contributed by atoms with Gasteiger partial charge in [-0.25, -0.2) is 0 Å². The summed E-state index contributed by atoms with van der Waals surface area (Å²) in [5.74, 6) is 0.850. The number of hydrogen-bond donors (Lipinski definition) is 2. The summed E-state index contributed by atoms with van der Waals surface area (Å²) in [5, 5.41) is 12.8. The van der Waals surface area contributed by atoms with Gasteiger partial charge in [0.05, 0.1) is 10.6 Å². The van der Waals surface area contributed by atoms with Crippen molar-refractivity contribution in [2.24, 2.45) is 11.8 Å². The molecule has 0 bridgehead atoms. The van der Waals surface area contributed by atoms with Crippen LogP contribution in [0, 0.1) is 30.1 Å². The van der Waals surface area contributed by atoms with Crippen LogP contribution in [0.1, 0.15) is 41.5 Å². The van der Waals surface area contributed by atoms with Crippen LogP contribution in [-0.2, 0) is 0 Å². The Hall–Kier alpha value is -1.31. The Kier molecular flexibility index (Phi) is 4.28. The van der Waals surface area contributed by atoms with Gasteiger partial charge in [-0.3, -0.25) is 4.79 Å². The van der Waals surface area contributed by atoms with Crippen LogP contribution in [0.5, 0.6) is 0 Å². The summed E-state index contributed by atoms with van der Waals surface area (Å²) in [6.45, 7) is 5.83. The molecule has 2 atom stereocenters. The molecule has 1 aromatic heterocycles. The molecule has 2 N–H and O–H groups in total. The van der Waals surface area contributed by atoms with E-state index in [1.54, 1.807) is 6.92 Å². The van der Waals surface area contributed by atoms with Crippen molar-refractivity contribution in [2.75, 3.05) is 13.1 Å². The van der Waals surface area contributed by atoms with Crippen molar-refractivity contribution in [3.05, 3.63) is 22.0 Å². The number of Topliss-reactive ketones (excluding diaryl/α,β-unsaturated/α-hetero) is 1. The fourth-order valence-electron chi connectivity index (χ4n) is 2.63. The highest BCUT2D eigenvalue weighted by molar-refractivity contribution is 6.33. The third-order valence-corrected chi connectivity index (χ3v) is 4.38. The molecule has 1 fully saturated rings. The van der Waals surface area contributed by atoms with Crippen LogP contribution >= 0.6 is 11.6 Å². The highest BCUT2D eigenvalue weighted by Gasteiger charge is 2.26. The molecule has 2 heterocycles. The van der Waals surface area contributed by atoms with Gasteiger partial charge in [-0.15, -0.1) is 0 Å². The molecule has 5 heteroatoms.